The van der Waals surface area contributed by atoms with Crippen molar-refractivity contribution in [1.29, 1.82) is 0 Å². The molecule has 0 heterocycles. The molecule has 0 unspecified atom stereocenters. The van der Waals surface area contributed by atoms with Gasteiger partial charge in [0, 0.05) is 15.9 Å². The molecule has 0 spiro atoms. The van der Waals surface area contributed by atoms with Crippen molar-refractivity contribution < 1.29 is 8.42 Å². The van der Waals surface area contributed by atoms with E-state index in [4.69, 9.17) is 5.14 Å². The highest BCUT2D eigenvalue weighted by atomic mass is 32.2. The van der Waals surface area contributed by atoms with E-state index in [1.165, 1.54) is 0 Å². The van der Waals surface area contributed by atoms with E-state index in [1.54, 1.807) is 0 Å². The Kier molecular flexibility index (Phi) is 4.67. The molecule has 3 rings (SSSR count). The Balaban J connectivity index is 2.50. The third-order valence-electron chi connectivity index (χ3n) is 3.63. The summed E-state index contributed by atoms with van der Waals surface area (Å²) in [6, 6.07) is 28.4. The summed E-state index contributed by atoms with van der Waals surface area (Å²) in [5.74, 6) is 0. The van der Waals surface area contributed by atoms with Crippen LogP contribution in [0.2, 0.25) is 0 Å². The fraction of sp³-hybridized carbons (Fsp3) is 0. The van der Waals surface area contributed by atoms with Gasteiger partial charge in [-0.1, -0.05) is 91.0 Å². The number of rotatable bonds is 4. The summed E-state index contributed by atoms with van der Waals surface area (Å²) >= 11 is 0. The first-order valence-electron chi connectivity index (χ1n) is 7.35. The van der Waals surface area contributed by atoms with Crippen LogP contribution in [0.5, 0.6) is 0 Å². The monoisotopic (exact) mass is 356 g/mol. The minimum Gasteiger partial charge on any atom is -0.210 e. The van der Waals surface area contributed by atoms with E-state index >= 15 is 0 Å². The zero-order valence-corrected chi connectivity index (χ0v) is 14.6. The van der Waals surface area contributed by atoms with Crippen molar-refractivity contribution in [3.8, 4) is 0 Å². The van der Waals surface area contributed by atoms with E-state index in [0.717, 1.165) is 15.9 Å². The first kappa shape index (κ1) is 16.7. The van der Waals surface area contributed by atoms with Gasteiger partial charge in [0.15, 0.2) is 0 Å². The van der Waals surface area contributed by atoms with E-state index in [2.05, 4.69) is 4.15 Å². The summed E-state index contributed by atoms with van der Waals surface area (Å²) in [7, 11) is -6.81. The Hall–Kier alpha value is -2.20. The van der Waals surface area contributed by atoms with E-state index in [0.29, 0.717) is 0 Å². The fourth-order valence-electron chi connectivity index (χ4n) is 2.69. The van der Waals surface area contributed by atoms with Crippen molar-refractivity contribution in [3.63, 3.8) is 0 Å². The lowest BCUT2D eigenvalue weighted by Gasteiger charge is -2.25. The molecular weight excluding hydrogens is 339 g/mol. The molecule has 0 radical (unpaired) electrons. The zero-order valence-electron chi connectivity index (χ0n) is 12.9. The topological polar surface area (TPSA) is 72.5 Å². The molecule has 122 valence electrons. The Morgan fingerprint density at radius 2 is 0.917 bits per heavy atom. The molecule has 0 aromatic heterocycles. The Bertz CT molecular complexity index is 870. The van der Waals surface area contributed by atoms with E-state index < -0.39 is 17.3 Å². The second-order valence-corrected chi connectivity index (χ2v) is 9.74. The first-order chi connectivity index (χ1) is 11.5. The highest BCUT2D eigenvalue weighted by Gasteiger charge is 2.29. The smallest absolute Gasteiger partial charge is 0.210 e. The highest BCUT2D eigenvalue weighted by molar-refractivity contribution is 7.98. The van der Waals surface area contributed by atoms with Crippen LogP contribution >= 0.6 is 7.05 Å². The lowest BCUT2D eigenvalue weighted by Crippen LogP contribution is -2.27. The van der Waals surface area contributed by atoms with Gasteiger partial charge in [-0.3, -0.25) is 0 Å². The minimum absolute atomic E-state index is 0.844. The van der Waals surface area contributed by atoms with Crippen LogP contribution in [0.25, 0.3) is 0 Å². The first-order valence-corrected chi connectivity index (χ1v) is 10.6. The molecule has 3 aromatic rings. The molecular formula is C18H17N2O2PS. The number of benzene rings is 3. The van der Waals surface area contributed by atoms with Crippen molar-refractivity contribution in [3.05, 3.63) is 91.0 Å². The molecule has 0 saturated carbocycles. The number of hydrogen-bond acceptors (Lipinski definition) is 2. The van der Waals surface area contributed by atoms with Crippen LogP contribution < -0.4 is 21.1 Å². The summed E-state index contributed by atoms with van der Waals surface area (Å²) in [6.07, 6.45) is 0. The quantitative estimate of drug-likeness (QED) is 0.729. The molecule has 0 aliphatic heterocycles. The Morgan fingerprint density at radius 3 is 1.17 bits per heavy atom. The SMILES string of the molecule is NS(=O)(=O)N=P(c1ccccc1)(c1ccccc1)c1ccccc1. The number of hydrogen-bond donors (Lipinski definition) is 1. The highest BCUT2D eigenvalue weighted by Crippen LogP contribution is 2.46. The molecule has 0 bridgehead atoms. The van der Waals surface area contributed by atoms with Crippen LogP contribution in [0.1, 0.15) is 0 Å². The van der Waals surface area contributed by atoms with Gasteiger partial charge >= 0.3 is 10.2 Å². The molecule has 0 amide bonds. The maximum Gasteiger partial charge on any atom is 0.316 e. The Labute approximate surface area is 142 Å². The number of nitrogens with zero attached hydrogens (tertiary/aromatic N) is 1. The number of nitrogens with two attached hydrogens (primary N) is 1. The molecule has 0 atom stereocenters. The maximum atomic E-state index is 12.0. The lowest BCUT2D eigenvalue weighted by atomic mass is 10.4. The molecule has 2 N–H and O–H groups in total. The van der Waals surface area contributed by atoms with Gasteiger partial charge in [0.05, 0.1) is 7.05 Å². The van der Waals surface area contributed by atoms with Crippen LogP contribution in [-0.4, -0.2) is 8.42 Å². The molecule has 24 heavy (non-hydrogen) atoms. The lowest BCUT2D eigenvalue weighted by molar-refractivity contribution is 0.600. The van der Waals surface area contributed by atoms with Gasteiger partial charge in [0.25, 0.3) is 0 Å². The van der Waals surface area contributed by atoms with Crippen LogP contribution in [0.3, 0.4) is 0 Å². The standard InChI is InChI=1S/C18H17N2O2PS/c19-24(21,22)20-23(16-10-4-1-5-11-16,17-12-6-2-7-13-17)18-14-8-3-9-15-18/h1-15H,(H2,19,21,22). The molecule has 3 aromatic carbocycles. The molecule has 4 nitrogen and oxygen atoms in total. The zero-order chi connectivity index (χ0) is 17.0. The predicted molar refractivity (Wildman–Crippen MR) is 101 cm³/mol. The van der Waals surface area contributed by atoms with Crippen molar-refractivity contribution in [2.75, 3.05) is 0 Å². The van der Waals surface area contributed by atoms with Crippen molar-refractivity contribution in [1.82, 2.24) is 0 Å². The third-order valence-corrected chi connectivity index (χ3v) is 8.65. The van der Waals surface area contributed by atoms with Crippen molar-refractivity contribution >= 4 is 33.2 Å². The van der Waals surface area contributed by atoms with Gasteiger partial charge in [-0.05, 0) is 0 Å². The van der Waals surface area contributed by atoms with E-state index in [-0.39, 0.29) is 0 Å². The van der Waals surface area contributed by atoms with Crippen LogP contribution in [0.4, 0.5) is 0 Å². The van der Waals surface area contributed by atoms with E-state index in [9.17, 15) is 8.42 Å². The molecule has 0 aliphatic carbocycles. The summed E-state index contributed by atoms with van der Waals surface area (Å²) < 4.78 is 28.2. The van der Waals surface area contributed by atoms with Gasteiger partial charge in [-0.15, -0.1) is 0 Å². The van der Waals surface area contributed by atoms with Crippen LogP contribution in [-0.2, 0) is 10.2 Å². The van der Waals surface area contributed by atoms with Crippen LogP contribution in [0, 0.1) is 0 Å². The minimum atomic E-state index is -4.05. The van der Waals surface area contributed by atoms with Crippen molar-refractivity contribution in [2.45, 2.75) is 0 Å². The molecule has 0 saturated heterocycles. The molecule has 0 aliphatic rings. The third kappa shape index (κ3) is 3.34. The van der Waals surface area contributed by atoms with Gasteiger partial charge in [0.2, 0.25) is 0 Å². The second-order valence-electron chi connectivity index (χ2n) is 5.24. The van der Waals surface area contributed by atoms with Gasteiger partial charge in [-0.2, -0.15) is 12.6 Å². The van der Waals surface area contributed by atoms with Crippen molar-refractivity contribution in [2.24, 2.45) is 9.29 Å². The van der Waals surface area contributed by atoms with Gasteiger partial charge in [0.1, 0.15) is 0 Å². The van der Waals surface area contributed by atoms with Crippen LogP contribution in [0.15, 0.2) is 95.1 Å². The average molecular weight is 356 g/mol. The largest absolute Gasteiger partial charge is 0.316 e. The fourth-order valence-corrected chi connectivity index (χ4v) is 7.89. The van der Waals surface area contributed by atoms with Gasteiger partial charge in [-0.25, -0.2) is 5.14 Å². The molecule has 6 heteroatoms. The summed E-state index contributed by atoms with van der Waals surface area (Å²) in [5.41, 5.74) is 0. The molecule has 0 fully saturated rings. The summed E-state index contributed by atoms with van der Waals surface area (Å²) in [4.78, 5) is 0. The predicted octanol–water partition coefficient (Wildman–Crippen LogP) is 2.37. The normalized spacial score (nSPS) is 11.9. The van der Waals surface area contributed by atoms with Gasteiger partial charge < -0.3 is 0 Å². The Morgan fingerprint density at radius 1 is 0.625 bits per heavy atom. The maximum absolute atomic E-state index is 12.0. The second kappa shape index (κ2) is 6.73. The summed E-state index contributed by atoms with van der Waals surface area (Å²) in [5, 5.41) is 7.90. The summed E-state index contributed by atoms with van der Waals surface area (Å²) in [6.45, 7) is 0. The average Bonchev–Trinajstić information content (AvgIpc) is 2.61. The van der Waals surface area contributed by atoms with E-state index in [1.807, 2.05) is 91.0 Å².